The van der Waals surface area contributed by atoms with Gasteiger partial charge in [-0.05, 0) is 30.5 Å². The van der Waals surface area contributed by atoms with Gasteiger partial charge in [0, 0.05) is 16.2 Å². The molecule has 0 spiro atoms. The largest absolute Gasteiger partial charge is 0.327 e. The lowest BCUT2D eigenvalue weighted by molar-refractivity contribution is 0.363. The smallest absolute Gasteiger partial charge is 0.159 e. The average Bonchev–Trinajstić information content (AvgIpc) is 2.17. The highest BCUT2D eigenvalue weighted by Gasteiger charge is 2.29. The molecule has 0 radical (unpaired) electrons. The van der Waals surface area contributed by atoms with Gasteiger partial charge in [-0.1, -0.05) is 20.8 Å². The fourth-order valence-electron chi connectivity index (χ4n) is 1.77. The molecule has 0 saturated heterocycles. The molecule has 2 N–H and O–H groups in total. The molecule has 1 rings (SSSR count). The lowest BCUT2D eigenvalue weighted by atomic mass is 9.88. The van der Waals surface area contributed by atoms with Gasteiger partial charge in [-0.15, -0.1) is 11.8 Å². The van der Waals surface area contributed by atoms with Crippen LogP contribution in [-0.2, 0) is 0 Å². The van der Waals surface area contributed by atoms with Crippen LogP contribution in [0.15, 0.2) is 23.1 Å². The Hall–Kier alpha value is -0.610. The summed E-state index contributed by atoms with van der Waals surface area (Å²) in [5, 5.41) is 0.146. The molecule has 0 aliphatic heterocycles. The van der Waals surface area contributed by atoms with Crippen molar-refractivity contribution in [2.75, 3.05) is 0 Å². The van der Waals surface area contributed by atoms with E-state index in [0.717, 1.165) is 6.07 Å². The second-order valence-corrected chi connectivity index (χ2v) is 6.55. The summed E-state index contributed by atoms with van der Waals surface area (Å²) < 4.78 is 25.9. The van der Waals surface area contributed by atoms with Gasteiger partial charge in [0.1, 0.15) is 0 Å². The van der Waals surface area contributed by atoms with Crippen LogP contribution in [0.4, 0.5) is 8.78 Å². The highest BCUT2D eigenvalue weighted by atomic mass is 32.2. The molecule has 2 unspecified atom stereocenters. The van der Waals surface area contributed by atoms with Gasteiger partial charge in [0.05, 0.1) is 0 Å². The van der Waals surface area contributed by atoms with Gasteiger partial charge in [-0.2, -0.15) is 0 Å². The molecule has 0 aliphatic carbocycles. The van der Waals surface area contributed by atoms with Crippen molar-refractivity contribution in [3.63, 3.8) is 0 Å². The van der Waals surface area contributed by atoms with Crippen LogP contribution in [0, 0.1) is 17.0 Å². The van der Waals surface area contributed by atoms with Crippen molar-refractivity contribution in [2.45, 2.75) is 43.9 Å². The molecule has 4 heteroatoms. The predicted octanol–water partition coefficient (Wildman–Crippen LogP) is 3.82. The van der Waals surface area contributed by atoms with Crippen LogP contribution in [0.5, 0.6) is 0 Å². The van der Waals surface area contributed by atoms with E-state index in [-0.39, 0.29) is 16.7 Å². The monoisotopic (exact) mass is 259 g/mol. The summed E-state index contributed by atoms with van der Waals surface area (Å²) in [5.41, 5.74) is 5.95. The van der Waals surface area contributed by atoms with Crippen LogP contribution >= 0.6 is 11.8 Å². The number of hydrogen-bond acceptors (Lipinski definition) is 2. The molecule has 17 heavy (non-hydrogen) atoms. The molecule has 0 amide bonds. The maximum Gasteiger partial charge on any atom is 0.159 e. The first-order valence-corrected chi connectivity index (χ1v) is 6.47. The third-order valence-corrected chi connectivity index (χ3v) is 4.40. The maximum atomic E-state index is 13.1. The number of halogens is 2. The standard InChI is InChI=1S/C13H19F2NS/c1-8(16)12(13(2,3)4)17-9-5-6-10(14)11(15)7-9/h5-8,12H,16H2,1-4H3. The van der Waals surface area contributed by atoms with Gasteiger partial charge in [0.2, 0.25) is 0 Å². The summed E-state index contributed by atoms with van der Waals surface area (Å²) in [6.45, 7) is 8.21. The van der Waals surface area contributed by atoms with E-state index >= 15 is 0 Å². The van der Waals surface area contributed by atoms with E-state index in [1.807, 2.05) is 6.92 Å². The molecule has 0 bridgehead atoms. The van der Waals surface area contributed by atoms with Gasteiger partial charge >= 0.3 is 0 Å². The van der Waals surface area contributed by atoms with Crippen molar-refractivity contribution in [3.8, 4) is 0 Å². The van der Waals surface area contributed by atoms with E-state index in [2.05, 4.69) is 20.8 Å². The lowest BCUT2D eigenvalue weighted by Gasteiger charge is -2.33. The first-order valence-electron chi connectivity index (χ1n) is 5.59. The van der Waals surface area contributed by atoms with Gasteiger partial charge < -0.3 is 5.73 Å². The fourth-order valence-corrected chi connectivity index (χ4v) is 2.95. The van der Waals surface area contributed by atoms with Gasteiger partial charge in [-0.3, -0.25) is 0 Å². The molecule has 0 saturated carbocycles. The van der Waals surface area contributed by atoms with Crippen LogP contribution in [0.2, 0.25) is 0 Å². The molecular formula is C13H19F2NS. The van der Waals surface area contributed by atoms with Crippen LogP contribution < -0.4 is 5.73 Å². The first-order chi connectivity index (χ1) is 7.71. The van der Waals surface area contributed by atoms with Crippen molar-refractivity contribution in [2.24, 2.45) is 11.1 Å². The molecule has 0 heterocycles. The topological polar surface area (TPSA) is 26.0 Å². The Bertz CT molecular complexity index is 385. The second-order valence-electron chi connectivity index (χ2n) is 5.34. The summed E-state index contributed by atoms with van der Waals surface area (Å²) in [6.07, 6.45) is 0. The van der Waals surface area contributed by atoms with E-state index in [9.17, 15) is 8.78 Å². The van der Waals surface area contributed by atoms with E-state index in [1.54, 1.807) is 6.07 Å². The van der Waals surface area contributed by atoms with Crippen molar-refractivity contribution in [1.29, 1.82) is 0 Å². The Morgan fingerprint density at radius 1 is 1.18 bits per heavy atom. The molecule has 96 valence electrons. The van der Waals surface area contributed by atoms with Crippen molar-refractivity contribution in [1.82, 2.24) is 0 Å². The SMILES string of the molecule is CC(N)C(Sc1ccc(F)c(F)c1)C(C)(C)C. The Kier molecular flexibility index (Phi) is 4.55. The summed E-state index contributed by atoms with van der Waals surface area (Å²) in [6, 6.07) is 3.94. The van der Waals surface area contributed by atoms with Crippen molar-refractivity contribution >= 4 is 11.8 Å². The average molecular weight is 259 g/mol. The second kappa shape index (κ2) is 5.36. The summed E-state index contributed by atoms with van der Waals surface area (Å²) in [5.74, 6) is -1.63. The third-order valence-electron chi connectivity index (χ3n) is 2.49. The molecule has 0 aliphatic rings. The van der Waals surface area contributed by atoms with Crippen LogP contribution in [0.1, 0.15) is 27.7 Å². The van der Waals surface area contributed by atoms with Crippen LogP contribution in [-0.4, -0.2) is 11.3 Å². The number of rotatable bonds is 3. The predicted molar refractivity (Wildman–Crippen MR) is 69.1 cm³/mol. The van der Waals surface area contributed by atoms with Gasteiger partial charge in [-0.25, -0.2) is 8.78 Å². The highest BCUT2D eigenvalue weighted by molar-refractivity contribution is 8.00. The fraction of sp³-hybridized carbons (Fsp3) is 0.538. The van der Waals surface area contributed by atoms with E-state index in [4.69, 9.17) is 5.73 Å². The molecular weight excluding hydrogens is 240 g/mol. The summed E-state index contributed by atoms with van der Waals surface area (Å²) in [7, 11) is 0. The summed E-state index contributed by atoms with van der Waals surface area (Å²) >= 11 is 1.49. The van der Waals surface area contributed by atoms with Crippen LogP contribution in [0.3, 0.4) is 0 Å². The number of nitrogens with two attached hydrogens (primary N) is 1. The van der Waals surface area contributed by atoms with E-state index in [0.29, 0.717) is 4.90 Å². The minimum absolute atomic E-state index is 0.00367. The Balaban J connectivity index is 2.91. The zero-order valence-corrected chi connectivity index (χ0v) is 11.4. The number of thioether (sulfide) groups is 1. The molecule has 1 aromatic rings. The molecule has 2 atom stereocenters. The Morgan fingerprint density at radius 3 is 2.18 bits per heavy atom. The van der Waals surface area contributed by atoms with Gasteiger partial charge in [0.15, 0.2) is 11.6 Å². The number of hydrogen-bond donors (Lipinski definition) is 1. The van der Waals surface area contributed by atoms with Gasteiger partial charge in [0.25, 0.3) is 0 Å². The Labute approximate surface area is 106 Å². The summed E-state index contributed by atoms with van der Waals surface area (Å²) in [4.78, 5) is 0.709. The molecule has 0 fully saturated rings. The third kappa shape index (κ3) is 3.96. The van der Waals surface area contributed by atoms with E-state index in [1.165, 1.54) is 17.8 Å². The Morgan fingerprint density at radius 2 is 1.76 bits per heavy atom. The quantitative estimate of drug-likeness (QED) is 0.835. The van der Waals surface area contributed by atoms with Crippen molar-refractivity contribution in [3.05, 3.63) is 29.8 Å². The molecule has 1 aromatic carbocycles. The van der Waals surface area contributed by atoms with Crippen molar-refractivity contribution < 1.29 is 8.78 Å². The maximum absolute atomic E-state index is 13.1. The lowest BCUT2D eigenvalue weighted by Crippen LogP contribution is -2.38. The minimum atomic E-state index is -0.817. The first kappa shape index (κ1) is 14.5. The van der Waals surface area contributed by atoms with E-state index < -0.39 is 11.6 Å². The van der Waals surface area contributed by atoms with Crippen LogP contribution in [0.25, 0.3) is 0 Å². The molecule has 1 nitrogen and oxygen atoms in total. The zero-order chi connectivity index (χ0) is 13.2. The normalized spacial score (nSPS) is 15.7. The number of benzene rings is 1. The molecule has 0 aromatic heterocycles. The minimum Gasteiger partial charge on any atom is -0.327 e. The zero-order valence-electron chi connectivity index (χ0n) is 10.6. The highest BCUT2D eigenvalue weighted by Crippen LogP contribution is 2.37.